The summed E-state index contributed by atoms with van der Waals surface area (Å²) in [6, 6.07) is -2.24. The number of hydrogen-bond acceptors (Lipinski definition) is 3. The maximum absolute atomic E-state index is 11.6. The van der Waals surface area contributed by atoms with Crippen molar-refractivity contribution >= 4 is 18.0 Å². The van der Waals surface area contributed by atoms with E-state index in [1.165, 1.54) is 0 Å². The monoisotopic (exact) mass is 284 g/mol. The zero-order chi connectivity index (χ0) is 15.5. The molecule has 4 N–H and O–H groups in total. The molecule has 0 aromatic carbocycles. The summed E-state index contributed by atoms with van der Waals surface area (Å²) in [4.78, 5) is 32.9. The Hall–Kier alpha value is -2.23. The Morgan fingerprint density at radius 2 is 1.85 bits per heavy atom. The Labute approximate surface area is 117 Å². The number of amides is 2. The molecule has 0 aliphatic heterocycles. The van der Waals surface area contributed by atoms with Crippen LogP contribution in [0.1, 0.15) is 39.0 Å². The largest absolute Gasteiger partial charge is 0.481 e. The zero-order valence-electron chi connectivity index (χ0n) is 11.4. The third kappa shape index (κ3) is 7.97. The Bertz CT molecular complexity index is 389. The lowest BCUT2D eigenvalue weighted by molar-refractivity contribution is -0.140. The van der Waals surface area contributed by atoms with E-state index in [0.29, 0.717) is 6.42 Å². The molecule has 1 unspecified atom stereocenters. The minimum atomic E-state index is -1.21. The molecule has 0 bridgehead atoms. The predicted molar refractivity (Wildman–Crippen MR) is 72.1 cm³/mol. The van der Waals surface area contributed by atoms with Gasteiger partial charge in [-0.2, -0.15) is 0 Å². The summed E-state index contributed by atoms with van der Waals surface area (Å²) in [5.41, 5.74) is 0. The maximum atomic E-state index is 11.6. The molecule has 2 atom stereocenters. The molecular weight excluding hydrogens is 264 g/mol. The predicted octanol–water partition coefficient (Wildman–Crippen LogP) is 0.796. The van der Waals surface area contributed by atoms with Crippen molar-refractivity contribution < 1.29 is 24.6 Å². The number of carboxylic acids is 2. The minimum absolute atomic E-state index is 0.0452. The third-order valence-electron chi connectivity index (χ3n) is 2.57. The van der Waals surface area contributed by atoms with E-state index >= 15 is 0 Å². The van der Waals surface area contributed by atoms with Crippen LogP contribution in [0.15, 0.2) is 0 Å². The molecule has 7 heteroatoms. The van der Waals surface area contributed by atoms with Crippen LogP contribution in [0.25, 0.3) is 0 Å². The van der Waals surface area contributed by atoms with Crippen molar-refractivity contribution in [3.8, 4) is 12.3 Å². The highest BCUT2D eigenvalue weighted by molar-refractivity contribution is 5.82. The van der Waals surface area contributed by atoms with Gasteiger partial charge >= 0.3 is 18.0 Å². The van der Waals surface area contributed by atoms with Gasteiger partial charge in [-0.05, 0) is 19.3 Å². The second-order valence-corrected chi connectivity index (χ2v) is 4.30. The van der Waals surface area contributed by atoms with Gasteiger partial charge in [0.25, 0.3) is 0 Å². The molecule has 0 aromatic rings. The third-order valence-corrected chi connectivity index (χ3v) is 2.57. The van der Waals surface area contributed by atoms with E-state index in [1.54, 1.807) is 0 Å². The molecule has 0 radical (unpaired) electrons. The molecule has 0 heterocycles. The highest BCUT2D eigenvalue weighted by Crippen LogP contribution is 2.02. The number of hydrogen-bond donors (Lipinski definition) is 4. The van der Waals surface area contributed by atoms with Crippen LogP contribution in [0.4, 0.5) is 4.79 Å². The second-order valence-electron chi connectivity index (χ2n) is 4.30. The maximum Gasteiger partial charge on any atom is 0.326 e. The van der Waals surface area contributed by atoms with Crippen molar-refractivity contribution in [2.45, 2.75) is 51.1 Å². The standard InChI is InChI=1S/C13H20N2O5/c1-3-6-9(4-2)14-13(20)15-10(12(18)19)7-5-8-11(16)17/h2,9-10H,3,5-8H2,1H3,(H,16,17)(H,18,19)(H2,14,15,20)/t9?,10-/m1/s1. The number of terminal acetylenes is 1. The number of carbonyl (C=O) groups excluding carboxylic acids is 1. The SMILES string of the molecule is C#CC(CCC)NC(=O)N[C@H](CCCC(=O)O)C(=O)O. The molecular formula is C13H20N2O5. The topological polar surface area (TPSA) is 116 Å². The minimum Gasteiger partial charge on any atom is -0.481 e. The van der Waals surface area contributed by atoms with Crippen LogP contribution in [0.3, 0.4) is 0 Å². The Balaban J connectivity index is 4.30. The van der Waals surface area contributed by atoms with E-state index in [1.807, 2.05) is 6.92 Å². The van der Waals surface area contributed by atoms with E-state index in [0.717, 1.165) is 6.42 Å². The average molecular weight is 284 g/mol. The van der Waals surface area contributed by atoms with Crippen LogP contribution in [0.5, 0.6) is 0 Å². The molecule has 2 amide bonds. The molecule has 0 rings (SSSR count). The van der Waals surface area contributed by atoms with Gasteiger partial charge in [0.1, 0.15) is 6.04 Å². The molecule has 20 heavy (non-hydrogen) atoms. The lowest BCUT2D eigenvalue weighted by Gasteiger charge is -2.17. The fraction of sp³-hybridized carbons (Fsp3) is 0.615. The number of urea groups is 1. The summed E-state index contributed by atoms with van der Waals surface area (Å²) >= 11 is 0. The molecule has 0 fully saturated rings. The van der Waals surface area contributed by atoms with Gasteiger partial charge in [0.15, 0.2) is 0 Å². The fourth-order valence-electron chi connectivity index (χ4n) is 1.56. The first-order valence-electron chi connectivity index (χ1n) is 6.38. The number of carbonyl (C=O) groups is 3. The fourth-order valence-corrected chi connectivity index (χ4v) is 1.56. The Morgan fingerprint density at radius 1 is 1.20 bits per heavy atom. The summed E-state index contributed by atoms with van der Waals surface area (Å²) in [6.07, 6.45) is 6.69. The molecule has 0 aliphatic carbocycles. The van der Waals surface area contributed by atoms with Gasteiger partial charge in [0.05, 0.1) is 6.04 Å². The summed E-state index contributed by atoms with van der Waals surface area (Å²) in [5, 5.41) is 22.2. The molecule has 0 aliphatic rings. The Kier molecular flexibility index (Phi) is 8.59. The van der Waals surface area contributed by atoms with E-state index in [2.05, 4.69) is 16.6 Å². The van der Waals surface area contributed by atoms with Crippen LogP contribution in [0, 0.1) is 12.3 Å². The van der Waals surface area contributed by atoms with Gasteiger partial charge in [0, 0.05) is 6.42 Å². The first-order chi connectivity index (χ1) is 9.40. The highest BCUT2D eigenvalue weighted by Gasteiger charge is 2.20. The van der Waals surface area contributed by atoms with Crippen LogP contribution < -0.4 is 10.6 Å². The molecule has 7 nitrogen and oxygen atoms in total. The van der Waals surface area contributed by atoms with Gasteiger partial charge in [-0.1, -0.05) is 19.3 Å². The molecule has 0 saturated carbocycles. The van der Waals surface area contributed by atoms with Gasteiger partial charge in [0.2, 0.25) is 0 Å². The first-order valence-corrected chi connectivity index (χ1v) is 6.38. The van der Waals surface area contributed by atoms with Crippen molar-refractivity contribution in [2.24, 2.45) is 0 Å². The van der Waals surface area contributed by atoms with Crippen LogP contribution in [-0.4, -0.2) is 40.3 Å². The molecule has 112 valence electrons. The quantitative estimate of drug-likeness (QED) is 0.467. The smallest absolute Gasteiger partial charge is 0.326 e. The summed E-state index contributed by atoms with van der Waals surface area (Å²) in [7, 11) is 0. The normalized spacial score (nSPS) is 12.8. The van der Waals surface area contributed by atoms with Crippen molar-refractivity contribution in [1.82, 2.24) is 10.6 Å². The number of carboxylic acid groups (broad SMARTS) is 2. The van der Waals surface area contributed by atoms with E-state index in [4.69, 9.17) is 16.6 Å². The van der Waals surface area contributed by atoms with Crippen molar-refractivity contribution in [1.29, 1.82) is 0 Å². The molecule has 0 saturated heterocycles. The van der Waals surface area contributed by atoms with Crippen molar-refractivity contribution in [3.63, 3.8) is 0 Å². The van der Waals surface area contributed by atoms with E-state index < -0.39 is 30.1 Å². The summed E-state index contributed by atoms with van der Waals surface area (Å²) in [6.45, 7) is 1.91. The lowest BCUT2D eigenvalue weighted by Crippen LogP contribution is -2.48. The average Bonchev–Trinajstić information content (AvgIpc) is 2.36. The number of rotatable bonds is 9. The van der Waals surface area contributed by atoms with Gasteiger partial charge in [-0.15, -0.1) is 6.42 Å². The van der Waals surface area contributed by atoms with E-state index in [-0.39, 0.29) is 19.3 Å². The van der Waals surface area contributed by atoms with E-state index in [9.17, 15) is 14.4 Å². The lowest BCUT2D eigenvalue weighted by atomic mass is 10.1. The number of nitrogens with one attached hydrogen (secondary N) is 2. The van der Waals surface area contributed by atoms with Crippen molar-refractivity contribution in [3.05, 3.63) is 0 Å². The van der Waals surface area contributed by atoms with Crippen LogP contribution >= 0.6 is 0 Å². The number of aliphatic carboxylic acids is 2. The van der Waals surface area contributed by atoms with Crippen LogP contribution in [0.2, 0.25) is 0 Å². The van der Waals surface area contributed by atoms with Gasteiger partial charge < -0.3 is 20.8 Å². The van der Waals surface area contributed by atoms with Gasteiger partial charge in [-0.25, -0.2) is 9.59 Å². The summed E-state index contributed by atoms with van der Waals surface area (Å²) < 4.78 is 0. The summed E-state index contributed by atoms with van der Waals surface area (Å²) in [5.74, 6) is 0.182. The van der Waals surface area contributed by atoms with Crippen LogP contribution in [-0.2, 0) is 9.59 Å². The highest BCUT2D eigenvalue weighted by atomic mass is 16.4. The molecule has 0 spiro atoms. The first kappa shape index (κ1) is 17.8. The van der Waals surface area contributed by atoms with Crippen molar-refractivity contribution in [2.75, 3.05) is 0 Å². The molecule has 0 aromatic heterocycles. The second kappa shape index (κ2) is 9.67. The zero-order valence-corrected chi connectivity index (χ0v) is 11.4. The Morgan fingerprint density at radius 3 is 2.30 bits per heavy atom. The van der Waals surface area contributed by atoms with Gasteiger partial charge in [-0.3, -0.25) is 4.79 Å².